The van der Waals surface area contributed by atoms with E-state index in [1.54, 1.807) is 50.2 Å². The number of hydrogen-bond donors (Lipinski definition) is 0. The van der Waals surface area contributed by atoms with Gasteiger partial charge in [0.1, 0.15) is 6.61 Å². The second kappa shape index (κ2) is 6.17. The van der Waals surface area contributed by atoms with Gasteiger partial charge >= 0.3 is 5.97 Å². The van der Waals surface area contributed by atoms with Gasteiger partial charge in [0.2, 0.25) is 0 Å². The zero-order valence-corrected chi connectivity index (χ0v) is 11.8. The van der Waals surface area contributed by atoms with E-state index < -0.39 is 10.9 Å². The lowest BCUT2D eigenvalue weighted by Gasteiger charge is -2.08. The lowest BCUT2D eigenvalue weighted by molar-refractivity contribution is -0.386. The first-order valence-corrected chi connectivity index (χ1v) is 6.45. The van der Waals surface area contributed by atoms with Crippen LogP contribution in [0.4, 0.5) is 5.69 Å². The number of esters is 1. The van der Waals surface area contributed by atoms with E-state index in [9.17, 15) is 14.9 Å². The summed E-state index contributed by atoms with van der Waals surface area (Å²) >= 11 is 0. The highest BCUT2D eigenvalue weighted by Gasteiger charge is 2.16. The van der Waals surface area contributed by atoms with Crippen molar-refractivity contribution in [1.29, 1.82) is 0 Å². The molecule has 0 bridgehead atoms. The fraction of sp³-hybridized carbons (Fsp3) is 0.188. The molecule has 108 valence electrons. The Bertz CT molecular complexity index is 657. The highest BCUT2D eigenvalue weighted by molar-refractivity contribution is 5.89. The van der Waals surface area contributed by atoms with Crippen LogP contribution >= 0.6 is 0 Å². The summed E-state index contributed by atoms with van der Waals surface area (Å²) in [6.07, 6.45) is 0. The predicted molar refractivity (Wildman–Crippen MR) is 78.1 cm³/mol. The predicted octanol–water partition coefficient (Wildman–Crippen LogP) is 3.57. The SMILES string of the molecule is Cc1cc(COC(=O)c2ccccc2)cc(C)c1[N+](=O)[O-]. The largest absolute Gasteiger partial charge is 0.457 e. The molecule has 0 aliphatic heterocycles. The van der Waals surface area contributed by atoms with E-state index in [1.807, 2.05) is 6.07 Å². The van der Waals surface area contributed by atoms with Crippen molar-refractivity contribution < 1.29 is 14.5 Å². The van der Waals surface area contributed by atoms with Crippen LogP contribution in [0.15, 0.2) is 42.5 Å². The Balaban J connectivity index is 2.11. The Kier molecular flexibility index (Phi) is 4.33. The summed E-state index contributed by atoms with van der Waals surface area (Å²) in [4.78, 5) is 22.4. The molecule has 0 N–H and O–H groups in total. The van der Waals surface area contributed by atoms with Gasteiger partial charge in [0, 0.05) is 11.1 Å². The normalized spacial score (nSPS) is 10.2. The van der Waals surface area contributed by atoms with Gasteiger partial charge in [-0.1, -0.05) is 18.2 Å². The van der Waals surface area contributed by atoms with E-state index in [2.05, 4.69) is 0 Å². The minimum Gasteiger partial charge on any atom is -0.457 e. The third-order valence-corrected chi connectivity index (χ3v) is 3.11. The Morgan fingerprint density at radius 2 is 1.71 bits per heavy atom. The number of nitro benzene ring substituents is 1. The van der Waals surface area contributed by atoms with Crippen LogP contribution in [0.3, 0.4) is 0 Å². The zero-order valence-electron chi connectivity index (χ0n) is 11.8. The number of nitrogens with zero attached hydrogens (tertiary/aromatic N) is 1. The van der Waals surface area contributed by atoms with Crippen molar-refractivity contribution in [3.63, 3.8) is 0 Å². The maximum atomic E-state index is 11.8. The number of aryl methyl sites for hydroxylation is 2. The van der Waals surface area contributed by atoms with Crippen LogP contribution in [-0.4, -0.2) is 10.9 Å². The number of benzene rings is 2. The van der Waals surface area contributed by atoms with Crippen LogP contribution in [0, 0.1) is 24.0 Å². The monoisotopic (exact) mass is 285 g/mol. The molecule has 0 fully saturated rings. The van der Waals surface area contributed by atoms with Crippen LogP contribution in [0.25, 0.3) is 0 Å². The minimum absolute atomic E-state index is 0.0907. The maximum Gasteiger partial charge on any atom is 0.338 e. The number of nitro groups is 1. The van der Waals surface area contributed by atoms with Gasteiger partial charge in [0.25, 0.3) is 5.69 Å². The molecular formula is C16H15NO4. The molecule has 21 heavy (non-hydrogen) atoms. The molecule has 0 aromatic heterocycles. The highest BCUT2D eigenvalue weighted by Crippen LogP contribution is 2.24. The van der Waals surface area contributed by atoms with Gasteiger partial charge in [-0.25, -0.2) is 4.79 Å². The van der Waals surface area contributed by atoms with Crippen molar-refractivity contribution >= 4 is 11.7 Å². The molecule has 2 rings (SSSR count). The zero-order chi connectivity index (χ0) is 15.4. The first kappa shape index (κ1) is 14.7. The minimum atomic E-state index is -0.413. The summed E-state index contributed by atoms with van der Waals surface area (Å²) in [7, 11) is 0. The van der Waals surface area contributed by atoms with E-state index in [1.165, 1.54) is 0 Å². The molecular weight excluding hydrogens is 270 g/mol. The lowest BCUT2D eigenvalue weighted by Crippen LogP contribution is -2.06. The maximum absolute atomic E-state index is 11.8. The summed E-state index contributed by atoms with van der Waals surface area (Å²) in [5.74, 6) is -0.413. The molecule has 0 amide bonds. The van der Waals surface area contributed by atoms with Gasteiger partial charge in [0.15, 0.2) is 0 Å². The molecule has 2 aromatic rings. The number of hydrogen-bond acceptors (Lipinski definition) is 4. The van der Waals surface area contributed by atoms with Gasteiger partial charge < -0.3 is 4.74 Å². The van der Waals surface area contributed by atoms with Gasteiger partial charge in [-0.05, 0) is 43.7 Å². The molecule has 0 saturated heterocycles. The fourth-order valence-electron chi connectivity index (χ4n) is 2.22. The van der Waals surface area contributed by atoms with E-state index in [-0.39, 0.29) is 12.3 Å². The van der Waals surface area contributed by atoms with Crippen molar-refractivity contribution in [2.45, 2.75) is 20.5 Å². The molecule has 0 aliphatic carbocycles. The Morgan fingerprint density at radius 3 is 2.24 bits per heavy atom. The van der Waals surface area contributed by atoms with Crippen LogP contribution in [0.5, 0.6) is 0 Å². The molecule has 0 heterocycles. The summed E-state index contributed by atoms with van der Waals surface area (Å²) in [5, 5.41) is 10.9. The van der Waals surface area contributed by atoms with E-state index in [0.29, 0.717) is 16.7 Å². The number of carbonyl (C=O) groups is 1. The summed E-state index contributed by atoms with van der Waals surface area (Å²) in [6.45, 7) is 3.44. The van der Waals surface area contributed by atoms with Crippen LogP contribution in [0.1, 0.15) is 27.0 Å². The molecule has 0 atom stereocenters. The van der Waals surface area contributed by atoms with Crippen molar-refractivity contribution in [2.75, 3.05) is 0 Å². The summed E-state index contributed by atoms with van der Waals surface area (Å²) < 4.78 is 5.22. The number of carbonyl (C=O) groups excluding carboxylic acids is 1. The Labute approximate surface area is 122 Å². The van der Waals surface area contributed by atoms with Crippen LogP contribution in [0.2, 0.25) is 0 Å². The highest BCUT2D eigenvalue weighted by atomic mass is 16.6. The molecule has 0 aliphatic rings. The van der Waals surface area contributed by atoms with Gasteiger partial charge in [-0.3, -0.25) is 10.1 Å². The average Bonchev–Trinajstić information content (AvgIpc) is 2.44. The first-order valence-electron chi connectivity index (χ1n) is 6.45. The van der Waals surface area contributed by atoms with Crippen LogP contribution in [-0.2, 0) is 11.3 Å². The van der Waals surface area contributed by atoms with Crippen molar-refractivity contribution in [1.82, 2.24) is 0 Å². The molecule has 5 heteroatoms. The second-order valence-electron chi connectivity index (χ2n) is 4.78. The van der Waals surface area contributed by atoms with Crippen molar-refractivity contribution in [3.05, 3.63) is 74.8 Å². The third kappa shape index (κ3) is 3.45. The molecule has 0 unspecified atom stereocenters. The molecule has 0 radical (unpaired) electrons. The second-order valence-corrected chi connectivity index (χ2v) is 4.78. The third-order valence-electron chi connectivity index (χ3n) is 3.11. The van der Waals surface area contributed by atoms with E-state index in [4.69, 9.17) is 4.74 Å². The Hall–Kier alpha value is -2.69. The van der Waals surface area contributed by atoms with E-state index >= 15 is 0 Å². The number of rotatable bonds is 4. The Morgan fingerprint density at radius 1 is 1.14 bits per heavy atom. The smallest absolute Gasteiger partial charge is 0.338 e. The molecule has 0 spiro atoms. The van der Waals surface area contributed by atoms with Crippen molar-refractivity contribution in [2.24, 2.45) is 0 Å². The lowest BCUT2D eigenvalue weighted by atomic mass is 10.1. The van der Waals surface area contributed by atoms with Crippen LogP contribution < -0.4 is 0 Å². The summed E-state index contributed by atoms with van der Waals surface area (Å²) in [5.41, 5.74) is 2.44. The molecule has 0 saturated carbocycles. The standard InChI is InChI=1S/C16H15NO4/c1-11-8-13(9-12(2)15(11)17(19)20)10-21-16(18)14-6-4-3-5-7-14/h3-9H,10H2,1-2H3. The number of ether oxygens (including phenoxy) is 1. The summed E-state index contributed by atoms with van der Waals surface area (Å²) in [6, 6.07) is 12.0. The van der Waals surface area contributed by atoms with Gasteiger partial charge in [-0.2, -0.15) is 0 Å². The van der Waals surface area contributed by atoms with Gasteiger partial charge in [0.05, 0.1) is 10.5 Å². The first-order chi connectivity index (χ1) is 9.99. The topological polar surface area (TPSA) is 69.4 Å². The van der Waals surface area contributed by atoms with Crippen molar-refractivity contribution in [3.8, 4) is 0 Å². The molecule has 2 aromatic carbocycles. The van der Waals surface area contributed by atoms with E-state index in [0.717, 1.165) is 5.56 Å². The quantitative estimate of drug-likeness (QED) is 0.489. The molecule has 5 nitrogen and oxygen atoms in total. The average molecular weight is 285 g/mol. The van der Waals surface area contributed by atoms with Gasteiger partial charge in [-0.15, -0.1) is 0 Å². The fourth-order valence-corrected chi connectivity index (χ4v) is 2.22.